The summed E-state index contributed by atoms with van der Waals surface area (Å²) in [6.07, 6.45) is 2.26. The Morgan fingerprint density at radius 2 is 2.19 bits per heavy atom. The molecule has 0 bridgehead atoms. The maximum Gasteiger partial charge on any atom is 0.132 e. The molecule has 0 amide bonds. The fourth-order valence-corrected chi connectivity index (χ4v) is 1.70. The van der Waals surface area contributed by atoms with E-state index < -0.39 is 0 Å². The third-order valence-corrected chi connectivity index (χ3v) is 2.59. The first-order chi connectivity index (χ1) is 7.71. The second-order valence-corrected chi connectivity index (χ2v) is 3.97. The number of nitriles is 1. The largest absolute Gasteiger partial charge is 0.357 e. The number of halogens is 1. The Morgan fingerprint density at radius 3 is 2.75 bits per heavy atom. The predicted molar refractivity (Wildman–Crippen MR) is 66.8 cm³/mol. The van der Waals surface area contributed by atoms with Gasteiger partial charge in [-0.15, -0.1) is 0 Å². The van der Waals surface area contributed by atoms with Gasteiger partial charge in [0, 0.05) is 13.1 Å². The third-order valence-electron chi connectivity index (χ3n) is 2.40. The summed E-state index contributed by atoms with van der Waals surface area (Å²) in [6.45, 7) is 6.05. The highest BCUT2D eigenvalue weighted by Gasteiger charge is 2.07. The lowest BCUT2D eigenvalue weighted by atomic mass is 10.2. The molecule has 0 spiro atoms. The number of aromatic nitrogens is 1. The van der Waals surface area contributed by atoms with E-state index in [0.29, 0.717) is 10.7 Å². The number of hydrogen-bond acceptors (Lipinski definition) is 3. The van der Waals surface area contributed by atoms with E-state index in [0.717, 1.165) is 31.7 Å². The number of anilines is 1. The van der Waals surface area contributed by atoms with Gasteiger partial charge in [0.25, 0.3) is 0 Å². The first kappa shape index (κ1) is 12.8. The molecule has 16 heavy (non-hydrogen) atoms. The summed E-state index contributed by atoms with van der Waals surface area (Å²) in [5.74, 6) is 0.792. The Bertz CT molecular complexity index is 384. The Balaban J connectivity index is 2.91. The molecule has 1 heterocycles. The van der Waals surface area contributed by atoms with Gasteiger partial charge in [-0.25, -0.2) is 4.98 Å². The molecule has 0 N–H and O–H groups in total. The highest BCUT2D eigenvalue weighted by atomic mass is 35.5. The molecule has 0 fully saturated rings. The summed E-state index contributed by atoms with van der Waals surface area (Å²) in [5.41, 5.74) is 0.560. The van der Waals surface area contributed by atoms with Gasteiger partial charge >= 0.3 is 0 Å². The molecule has 0 atom stereocenters. The van der Waals surface area contributed by atoms with Crippen LogP contribution in [0.3, 0.4) is 0 Å². The molecule has 0 aromatic carbocycles. The lowest BCUT2D eigenvalue weighted by Gasteiger charge is -2.21. The summed E-state index contributed by atoms with van der Waals surface area (Å²) < 4.78 is 0. The van der Waals surface area contributed by atoms with Gasteiger partial charge in [0.2, 0.25) is 0 Å². The van der Waals surface area contributed by atoms with Crippen LogP contribution in [0, 0.1) is 11.3 Å². The summed E-state index contributed by atoms with van der Waals surface area (Å²) in [4.78, 5) is 6.38. The van der Waals surface area contributed by atoms with Crippen LogP contribution < -0.4 is 4.90 Å². The molecule has 1 rings (SSSR count). The van der Waals surface area contributed by atoms with Crippen molar-refractivity contribution in [2.24, 2.45) is 0 Å². The average molecular weight is 238 g/mol. The SMILES string of the molecule is CCCCN(CC)c1cc(C#N)cc(Cl)n1. The van der Waals surface area contributed by atoms with Crippen LogP contribution in [0.5, 0.6) is 0 Å². The van der Waals surface area contributed by atoms with Gasteiger partial charge in [-0.2, -0.15) is 5.26 Å². The molecule has 0 aliphatic carbocycles. The molecule has 1 aromatic rings. The molecular formula is C12H16ClN3. The Morgan fingerprint density at radius 1 is 1.44 bits per heavy atom. The smallest absolute Gasteiger partial charge is 0.132 e. The molecule has 0 aliphatic rings. The summed E-state index contributed by atoms with van der Waals surface area (Å²) in [6, 6.07) is 5.46. The van der Waals surface area contributed by atoms with E-state index in [9.17, 15) is 0 Å². The molecule has 0 saturated heterocycles. The van der Waals surface area contributed by atoms with Gasteiger partial charge in [-0.05, 0) is 25.5 Å². The normalized spacial score (nSPS) is 9.88. The summed E-state index contributed by atoms with van der Waals surface area (Å²) in [7, 11) is 0. The van der Waals surface area contributed by atoms with Crippen molar-refractivity contribution in [1.29, 1.82) is 5.26 Å². The van der Waals surface area contributed by atoms with E-state index >= 15 is 0 Å². The van der Waals surface area contributed by atoms with Gasteiger partial charge in [0.1, 0.15) is 11.0 Å². The number of nitrogens with zero attached hydrogens (tertiary/aromatic N) is 3. The minimum absolute atomic E-state index is 0.379. The minimum atomic E-state index is 0.379. The predicted octanol–water partition coefficient (Wildman–Crippen LogP) is 3.23. The van der Waals surface area contributed by atoms with Crippen molar-refractivity contribution in [3.05, 3.63) is 22.8 Å². The van der Waals surface area contributed by atoms with E-state index in [2.05, 4.69) is 29.8 Å². The molecular weight excluding hydrogens is 222 g/mol. The van der Waals surface area contributed by atoms with Gasteiger partial charge in [-0.3, -0.25) is 0 Å². The first-order valence-electron chi connectivity index (χ1n) is 5.53. The topological polar surface area (TPSA) is 39.9 Å². The van der Waals surface area contributed by atoms with Crippen LogP contribution in [-0.4, -0.2) is 18.1 Å². The van der Waals surface area contributed by atoms with Crippen LogP contribution in [0.2, 0.25) is 5.15 Å². The van der Waals surface area contributed by atoms with Crippen molar-refractivity contribution in [1.82, 2.24) is 4.98 Å². The van der Waals surface area contributed by atoms with Crippen LogP contribution in [0.25, 0.3) is 0 Å². The zero-order valence-electron chi connectivity index (χ0n) is 9.70. The molecule has 1 aromatic heterocycles. The average Bonchev–Trinajstić information content (AvgIpc) is 2.29. The number of pyridine rings is 1. The zero-order valence-corrected chi connectivity index (χ0v) is 10.5. The highest BCUT2D eigenvalue weighted by Crippen LogP contribution is 2.18. The van der Waals surface area contributed by atoms with Crippen molar-refractivity contribution >= 4 is 17.4 Å². The maximum atomic E-state index is 8.86. The lowest BCUT2D eigenvalue weighted by molar-refractivity contribution is 0.724. The molecule has 0 unspecified atom stereocenters. The third kappa shape index (κ3) is 3.39. The highest BCUT2D eigenvalue weighted by molar-refractivity contribution is 6.29. The fraction of sp³-hybridized carbons (Fsp3) is 0.500. The minimum Gasteiger partial charge on any atom is -0.357 e. The van der Waals surface area contributed by atoms with E-state index in [1.54, 1.807) is 12.1 Å². The van der Waals surface area contributed by atoms with Gasteiger partial charge in [0.05, 0.1) is 11.6 Å². The van der Waals surface area contributed by atoms with Crippen LogP contribution in [0.4, 0.5) is 5.82 Å². The monoisotopic (exact) mass is 237 g/mol. The standard InChI is InChI=1S/C12H16ClN3/c1-3-5-6-16(4-2)12-8-10(9-14)7-11(13)15-12/h7-8H,3-6H2,1-2H3. The van der Waals surface area contributed by atoms with Crippen molar-refractivity contribution in [3.63, 3.8) is 0 Å². The van der Waals surface area contributed by atoms with E-state index in [-0.39, 0.29) is 0 Å². The van der Waals surface area contributed by atoms with Crippen molar-refractivity contribution < 1.29 is 0 Å². The Kier molecular flexibility index (Phi) is 5.07. The number of hydrogen-bond donors (Lipinski definition) is 0. The van der Waals surface area contributed by atoms with Crippen molar-refractivity contribution in [2.45, 2.75) is 26.7 Å². The van der Waals surface area contributed by atoms with Crippen LogP contribution in [0.15, 0.2) is 12.1 Å². The van der Waals surface area contributed by atoms with E-state index in [1.807, 2.05) is 0 Å². The van der Waals surface area contributed by atoms with Gasteiger partial charge in [-0.1, -0.05) is 24.9 Å². The molecule has 0 radical (unpaired) electrons. The van der Waals surface area contributed by atoms with Crippen LogP contribution >= 0.6 is 11.6 Å². The quantitative estimate of drug-likeness (QED) is 0.739. The molecule has 0 aliphatic heterocycles. The molecule has 0 saturated carbocycles. The van der Waals surface area contributed by atoms with Crippen molar-refractivity contribution in [2.75, 3.05) is 18.0 Å². The Labute approximate surface area is 102 Å². The van der Waals surface area contributed by atoms with Crippen molar-refractivity contribution in [3.8, 4) is 6.07 Å². The fourth-order valence-electron chi connectivity index (χ4n) is 1.49. The molecule has 4 heteroatoms. The van der Waals surface area contributed by atoms with E-state index in [1.165, 1.54) is 0 Å². The second-order valence-electron chi connectivity index (χ2n) is 3.58. The van der Waals surface area contributed by atoms with Gasteiger partial charge in [0.15, 0.2) is 0 Å². The Hall–Kier alpha value is -1.27. The zero-order chi connectivity index (χ0) is 12.0. The summed E-state index contributed by atoms with van der Waals surface area (Å²) in [5, 5.41) is 9.24. The summed E-state index contributed by atoms with van der Waals surface area (Å²) >= 11 is 5.87. The van der Waals surface area contributed by atoms with Gasteiger partial charge < -0.3 is 4.90 Å². The van der Waals surface area contributed by atoms with E-state index in [4.69, 9.17) is 16.9 Å². The maximum absolute atomic E-state index is 8.86. The van der Waals surface area contributed by atoms with Crippen LogP contribution in [0.1, 0.15) is 32.3 Å². The second kappa shape index (κ2) is 6.34. The lowest BCUT2D eigenvalue weighted by Crippen LogP contribution is -2.24. The van der Waals surface area contributed by atoms with Crippen LogP contribution in [-0.2, 0) is 0 Å². The first-order valence-corrected chi connectivity index (χ1v) is 5.91. The molecule has 86 valence electrons. The number of unbranched alkanes of at least 4 members (excludes halogenated alkanes) is 1. The molecule has 3 nitrogen and oxygen atoms in total. The number of rotatable bonds is 5.